The summed E-state index contributed by atoms with van der Waals surface area (Å²) < 4.78 is 5.69. The normalized spacial score (nSPS) is 19.4. The molecule has 1 heterocycles. The highest BCUT2D eigenvalue weighted by Crippen LogP contribution is 2.26. The first-order valence-corrected chi connectivity index (χ1v) is 6.02. The van der Waals surface area contributed by atoms with Gasteiger partial charge in [-0.25, -0.2) is 4.98 Å². The Morgan fingerprint density at radius 1 is 1.38 bits per heavy atom. The van der Waals surface area contributed by atoms with Gasteiger partial charge < -0.3 is 10.5 Å². The molecule has 0 amide bonds. The Labute approximate surface area is 97.0 Å². The molecule has 0 aromatic carbocycles. The largest absolute Gasteiger partial charge is 0.476 e. The zero-order valence-electron chi connectivity index (χ0n) is 9.91. The van der Waals surface area contributed by atoms with Crippen molar-refractivity contribution in [1.29, 1.82) is 0 Å². The summed E-state index contributed by atoms with van der Waals surface area (Å²) in [5, 5.41) is 0. The highest BCUT2D eigenvalue weighted by Gasteiger charge is 2.28. The van der Waals surface area contributed by atoms with E-state index in [1.807, 2.05) is 19.1 Å². The van der Waals surface area contributed by atoms with E-state index >= 15 is 0 Å². The van der Waals surface area contributed by atoms with Crippen LogP contribution in [0.3, 0.4) is 0 Å². The third-order valence-electron chi connectivity index (χ3n) is 3.25. The zero-order chi connectivity index (χ0) is 11.4. The van der Waals surface area contributed by atoms with Crippen LogP contribution in [0.1, 0.15) is 37.7 Å². The van der Waals surface area contributed by atoms with Gasteiger partial charge in [0.2, 0.25) is 5.88 Å². The minimum atomic E-state index is -0.135. The number of aromatic nitrogens is 1. The molecule has 0 bridgehead atoms. The van der Waals surface area contributed by atoms with E-state index in [1.165, 1.54) is 24.8 Å². The monoisotopic (exact) mass is 220 g/mol. The van der Waals surface area contributed by atoms with Crippen molar-refractivity contribution in [3.05, 3.63) is 23.9 Å². The highest BCUT2D eigenvalue weighted by atomic mass is 16.5. The van der Waals surface area contributed by atoms with Gasteiger partial charge in [0.25, 0.3) is 0 Å². The van der Waals surface area contributed by atoms with Gasteiger partial charge in [0.05, 0.1) is 5.54 Å². The van der Waals surface area contributed by atoms with E-state index < -0.39 is 0 Å². The molecular weight excluding hydrogens is 200 g/mol. The van der Waals surface area contributed by atoms with Crippen LogP contribution in [-0.4, -0.2) is 17.1 Å². The third-order valence-corrected chi connectivity index (χ3v) is 3.25. The van der Waals surface area contributed by atoms with Gasteiger partial charge in [-0.3, -0.25) is 0 Å². The number of ether oxygens (including phenoxy) is 1. The predicted octanol–water partition coefficient (Wildman–Crippen LogP) is 2.43. The molecule has 0 spiro atoms. The summed E-state index contributed by atoms with van der Waals surface area (Å²) in [5.74, 6) is 0.690. The Morgan fingerprint density at radius 2 is 2.12 bits per heavy atom. The molecule has 0 aliphatic heterocycles. The first-order chi connectivity index (χ1) is 7.68. The second-order valence-corrected chi connectivity index (χ2v) is 4.88. The number of hydrogen-bond donors (Lipinski definition) is 1. The van der Waals surface area contributed by atoms with Crippen molar-refractivity contribution < 1.29 is 4.74 Å². The lowest BCUT2D eigenvalue weighted by atomic mass is 9.83. The Kier molecular flexibility index (Phi) is 3.44. The molecule has 0 saturated heterocycles. The molecule has 3 nitrogen and oxygen atoms in total. The quantitative estimate of drug-likeness (QED) is 0.851. The minimum absolute atomic E-state index is 0.135. The number of nitrogens with zero attached hydrogens (tertiary/aromatic N) is 1. The number of nitrogens with two attached hydrogens (primary N) is 1. The Balaban J connectivity index is 1.91. The van der Waals surface area contributed by atoms with Crippen LogP contribution < -0.4 is 10.5 Å². The van der Waals surface area contributed by atoms with Gasteiger partial charge in [0.15, 0.2) is 0 Å². The molecule has 1 saturated carbocycles. The number of pyridine rings is 1. The Bertz CT molecular complexity index is 346. The molecule has 2 rings (SSSR count). The number of rotatable bonds is 3. The summed E-state index contributed by atoms with van der Waals surface area (Å²) >= 11 is 0. The summed E-state index contributed by atoms with van der Waals surface area (Å²) in [6.45, 7) is 2.62. The van der Waals surface area contributed by atoms with E-state index in [0.717, 1.165) is 12.8 Å². The smallest absolute Gasteiger partial charge is 0.213 e. The van der Waals surface area contributed by atoms with Gasteiger partial charge in [-0.15, -0.1) is 0 Å². The highest BCUT2D eigenvalue weighted by molar-refractivity contribution is 5.18. The fourth-order valence-electron chi connectivity index (χ4n) is 2.21. The van der Waals surface area contributed by atoms with Gasteiger partial charge in [0.1, 0.15) is 6.61 Å². The zero-order valence-corrected chi connectivity index (χ0v) is 9.91. The lowest BCUT2D eigenvalue weighted by molar-refractivity contribution is 0.169. The van der Waals surface area contributed by atoms with Crippen molar-refractivity contribution in [2.45, 2.75) is 44.6 Å². The van der Waals surface area contributed by atoms with Crippen LogP contribution in [0.2, 0.25) is 0 Å². The lowest BCUT2D eigenvalue weighted by Gasteiger charge is -2.32. The van der Waals surface area contributed by atoms with Crippen LogP contribution in [-0.2, 0) is 0 Å². The average Bonchev–Trinajstić information content (AvgIpc) is 2.28. The van der Waals surface area contributed by atoms with Gasteiger partial charge >= 0.3 is 0 Å². The maximum absolute atomic E-state index is 6.29. The molecular formula is C13H20N2O. The molecule has 0 atom stereocenters. The second-order valence-electron chi connectivity index (χ2n) is 4.88. The van der Waals surface area contributed by atoms with Crippen molar-refractivity contribution in [3.8, 4) is 5.88 Å². The van der Waals surface area contributed by atoms with Crippen LogP contribution in [0.4, 0.5) is 0 Å². The minimum Gasteiger partial charge on any atom is -0.476 e. The maximum Gasteiger partial charge on any atom is 0.213 e. The average molecular weight is 220 g/mol. The molecule has 2 N–H and O–H groups in total. The molecule has 1 aromatic heterocycles. The van der Waals surface area contributed by atoms with Crippen LogP contribution in [0.15, 0.2) is 18.3 Å². The molecule has 0 unspecified atom stereocenters. The summed E-state index contributed by atoms with van der Waals surface area (Å²) in [6.07, 6.45) is 7.66. The van der Waals surface area contributed by atoms with Gasteiger partial charge in [-0.05, 0) is 31.4 Å². The third kappa shape index (κ3) is 2.95. The van der Waals surface area contributed by atoms with E-state index in [0.29, 0.717) is 12.5 Å². The standard InChI is InChI=1S/C13H20N2O/c1-11-5-8-15-12(9-11)16-10-13(14)6-3-2-4-7-13/h5,8-9H,2-4,6-7,10,14H2,1H3. The summed E-state index contributed by atoms with van der Waals surface area (Å²) in [6, 6.07) is 3.91. The van der Waals surface area contributed by atoms with Crippen molar-refractivity contribution in [3.63, 3.8) is 0 Å². The van der Waals surface area contributed by atoms with Crippen molar-refractivity contribution in [2.75, 3.05) is 6.61 Å². The molecule has 1 aliphatic carbocycles. The van der Waals surface area contributed by atoms with E-state index in [1.54, 1.807) is 6.20 Å². The van der Waals surface area contributed by atoms with Crippen molar-refractivity contribution in [2.24, 2.45) is 5.73 Å². The van der Waals surface area contributed by atoms with Crippen molar-refractivity contribution in [1.82, 2.24) is 4.98 Å². The summed E-state index contributed by atoms with van der Waals surface area (Å²) in [4.78, 5) is 4.18. The molecule has 1 aromatic rings. The van der Waals surface area contributed by atoms with Crippen LogP contribution in [0.25, 0.3) is 0 Å². The second kappa shape index (κ2) is 4.83. The van der Waals surface area contributed by atoms with E-state index in [9.17, 15) is 0 Å². The van der Waals surface area contributed by atoms with Crippen LogP contribution in [0, 0.1) is 6.92 Å². The van der Waals surface area contributed by atoms with Gasteiger partial charge in [-0.2, -0.15) is 0 Å². The fraction of sp³-hybridized carbons (Fsp3) is 0.615. The van der Waals surface area contributed by atoms with Crippen LogP contribution >= 0.6 is 0 Å². The Morgan fingerprint density at radius 3 is 2.81 bits per heavy atom. The SMILES string of the molecule is Cc1ccnc(OCC2(N)CCCCC2)c1. The Hall–Kier alpha value is -1.09. The molecule has 16 heavy (non-hydrogen) atoms. The van der Waals surface area contributed by atoms with E-state index in [-0.39, 0.29) is 5.54 Å². The molecule has 3 heteroatoms. The first-order valence-electron chi connectivity index (χ1n) is 6.02. The predicted molar refractivity (Wildman–Crippen MR) is 64.5 cm³/mol. The van der Waals surface area contributed by atoms with E-state index in [2.05, 4.69) is 4.98 Å². The first kappa shape index (κ1) is 11.4. The number of aryl methyl sites for hydroxylation is 1. The maximum atomic E-state index is 6.29. The summed E-state index contributed by atoms with van der Waals surface area (Å²) in [5.41, 5.74) is 7.32. The fourth-order valence-corrected chi connectivity index (χ4v) is 2.21. The molecule has 1 fully saturated rings. The molecule has 88 valence electrons. The van der Waals surface area contributed by atoms with Gasteiger partial charge in [0, 0.05) is 12.3 Å². The van der Waals surface area contributed by atoms with Gasteiger partial charge in [-0.1, -0.05) is 19.3 Å². The molecule has 1 aliphatic rings. The molecule has 0 radical (unpaired) electrons. The van der Waals surface area contributed by atoms with E-state index in [4.69, 9.17) is 10.5 Å². The summed E-state index contributed by atoms with van der Waals surface area (Å²) in [7, 11) is 0. The lowest BCUT2D eigenvalue weighted by Crippen LogP contribution is -2.47. The van der Waals surface area contributed by atoms with Crippen LogP contribution in [0.5, 0.6) is 5.88 Å². The topological polar surface area (TPSA) is 48.1 Å². The number of hydrogen-bond acceptors (Lipinski definition) is 3. The van der Waals surface area contributed by atoms with Crippen molar-refractivity contribution >= 4 is 0 Å².